The monoisotopic (exact) mass is 440 g/mol. The van der Waals surface area contributed by atoms with Gasteiger partial charge in [0.05, 0.1) is 28.6 Å². The molecule has 2 saturated carbocycles. The summed E-state index contributed by atoms with van der Waals surface area (Å²) in [6.45, 7) is 0. The first kappa shape index (κ1) is 18.3. The summed E-state index contributed by atoms with van der Waals surface area (Å²) in [6.07, 6.45) is 9.02. The molecule has 0 spiro atoms. The second-order valence-electron chi connectivity index (χ2n) is 9.08. The van der Waals surface area contributed by atoms with Gasteiger partial charge in [-0.3, -0.25) is 9.59 Å². The van der Waals surface area contributed by atoms with Crippen LogP contribution in [0, 0.1) is 35.5 Å². The van der Waals surface area contributed by atoms with Gasteiger partial charge in [0.1, 0.15) is 5.69 Å². The molecular formula is C25H20N4O2S. The van der Waals surface area contributed by atoms with Crippen LogP contribution in [0.5, 0.6) is 0 Å². The van der Waals surface area contributed by atoms with Crippen LogP contribution in [0.2, 0.25) is 0 Å². The number of benzene rings is 1. The fourth-order valence-electron chi connectivity index (χ4n) is 5.97. The predicted octanol–water partition coefficient (Wildman–Crippen LogP) is 3.99. The molecule has 2 bridgehead atoms. The fraction of sp³-hybridized carbons (Fsp3) is 0.280. The highest BCUT2D eigenvalue weighted by Gasteiger charge is 2.67. The Morgan fingerprint density at radius 1 is 0.969 bits per heavy atom. The maximum Gasteiger partial charge on any atom is 0.254 e. The second-order valence-corrected chi connectivity index (χ2v) is 10.0. The van der Waals surface area contributed by atoms with E-state index in [1.807, 2.05) is 58.7 Å². The van der Waals surface area contributed by atoms with Crippen molar-refractivity contribution in [2.24, 2.45) is 40.6 Å². The van der Waals surface area contributed by atoms with Gasteiger partial charge in [0.2, 0.25) is 0 Å². The normalized spacial score (nSPS) is 32.1. The molecule has 158 valence electrons. The highest BCUT2D eigenvalue weighted by atomic mass is 32.1. The largest absolute Gasteiger partial charge is 0.272 e. The van der Waals surface area contributed by atoms with Crippen molar-refractivity contribution in [2.75, 3.05) is 0 Å². The Morgan fingerprint density at radius 3 is 2.34 bits per heavy atom. The van der Waals surface area contributed by atoms with E-state index in [-0.39, 0.29) is 35.5 Å². The van der Waals surface area contributed by atoms with Crippen LogP contribution in [0.3, 0.4) is 0 Å². The van der Waals surface area contributed by atoms with Crippen molar-refractivity contribution in [3.63, 3.8) is 0 Å². The van der Waals surface area contributed by atoms with E-state index in [4.69, 9.17) is 5.10 Å². The number of aromatic nitrogens is 2. The summed E-state index contributed by atoms with van der Waals surface area (Å²) in [5.74, 6) is 0.818. The Morgan fingerprint density at radius 2 is 1.69 bits per heavy atom. The van der Waals surface area contributed by atoms with Crippen molar-refractivity contribution in [3.8, 4) is 16.3 Å². The Kier molecular flexibility index (Phi) is 3.76. The van der Waals surface area contributed by atoms with Gasteiger partial charge in [0.15, 0.2) is 0 Å². The van der Waals surface area contributed by atoms with Crippen molar-refractivity contribution < 1.29 is 9.59 Å². The van der Waals surface area contributed by atoms with Gasteiger partial charge in [-0.2, -0.15) is 15.2 Å². The fourth-order valence-corrected chi connectivity index (χ4v) is 6.71. The molecule has 3 heterocycles. The molecule has 1 aromatic carbocycles. The van der Waals surface area contributed by atoms with Crippen LogP contribution < -0.4 is 0 Å². The maximum absolute atomic E-state index is 13.2. The number of hydrazone groups is 1. The highest BCUT2D eigenvalue weighted by molar-refractivity contribution is 7.13. The lowest BCUT2D eigenvalue weighted by Crippen LogP contribution is -2.40. The van der Waals surface area contributed by atoms with Crippen molar-refractivity contribution in [1.82, 2.24) is 14.8 Å². The quantitative estimate of drug-likeness (QED) is 0.350. The molecule has 3 fully saturated rings. The SMILES string of the molecule is O=C1[C@@H]2[C@H]3C=C[C@@H]([C@@H]4C[C@@H]34)[C@H]2C(=O)N1/N=C\c1cn(-c2ccccc2)nc1-c1cccs1. The van der Waals surface area contributed by atoms with Gasteiger partial charge < -0.3 is 0 Å². The Hall–Kier alpha value is -3.32. The van der Waals surface area contributed by atoms with E-state index in [0.29, 0.717) is 11.8 Å². The van der Waals surface area contributed by atoms with Crippen LogP contribution in [0.25, 0.3) is 16.3 Å². The maximum atomic E-state index is 13.2. The van der Waals surface area contributed by atoms with E-state index in [1.54, 1.807) is 17.6 Å². The van der Waals surface area contributed by atoms with E-state index >= 15 is 0 Å². The first-order valence-corrected chi connectivity index (χ1v) is 11.9. The van der Waals surface area contributed by atoms with E-state index in [0.717, 1.165) is 33.3 Å². The van der Waals surface area contributed by atoms with Crippen LogP contribution in [-0.4, -0.2) is 32.8 Å². The zero-order valence-corrected chi connectivity index (χ0v) is 17.9. The topological polar surface area (TPSA) is 67.6 Å². The number of rotatable bonds is 4. The number of thiophene rings is 1. The number of carbonyl (C=O) groups is 2. The summed E-state index contributed by atoms with van der Waals surface area (Å²) in [5.41, 5.74) is 2.49. The molecule has 0 N–H and O–H groups in total. The molecule has 5 aliphatic rings. The summed E-state index contributed by atoms with van der Waals surface area (Å²) in [4.78, 5) is 27.4. The number of allylic oxidation sites excluding steroid dienone is 2. The summed E-state index contributed by atoms with van der Waals surface area (Å²) >= 11 is 1.59. The number of hydrogen-bond acceptors (Lipinski definition) is 5. The molecule has 1 saturated heterocycles. The number of carbonyl (C=O) groups excluding carboxylic acids is 2. The Balaban J connectivity index is 1.24. The lowest BCUT2D eigenvalue weighted by atomic mass is 9.63. The zero-order valence-electron chi connectivity index (χ0n) is 17.1. The van der Waals surface area contributed by atoms with Gasteiger partial charge in [0, 0.05) is 11.8 Å². The van der Waals surface area contributed by atoms with Gasteiger partial charge in [0.25, 0.3) is 11.8 Å². The molecule has 2 amide bonds. The lowest BCUT2D eigenvalue weighted by molar-refractivity contribution is -0.140. The number of nitrogens with zero attached hydrogens (tertiary/aromatic N) is 4. The number of imide groups is 1. The highest BCUT2D eigenvalue weighted by Crippen LogP contribution is 2.65. The third kappa shape index (κ3) is 2.51. The third-order valence-electron chi connectivity index (χ3n) is 7.47. The molecule has 3 aromatic rings. The first-order valence-electron chi connectivity index (χ1n) is 11.0. The van der Waals surface area contributed by atoms with Gasteiger partial charge in [-0.05, 0) is 53.7 Å². The summed E-state index contributed by atoms with van der Waals surface area (Å²) in [5, 5.41) is 12.3. The van der Waals surface area contributed by atoms with Crippen LogP contribution in [0.4, 0.5) is 0 Å². The number of amides is 2. The summed E-state index contributed by atoms with van der Waals surface area (Å²) in [7, 11) is 0. The minimum Gasteiger partial charge on any atom is -0.272 e. The van der Waals surface area contributed by atoms with Crippen molar-refractivity contribution in [3.05, 3.63) is 71.8 Å². The smallest absolute Gasteiger partial charge is 0.254 e. The average Bonchev–Trinajstić information content (AvgIpc) is 3.16. The average molecular weight is 441 g/mol. The molecule has 8 rings (SSSR count). The third-order valence-corrected chi connectivity index (χ3v) is 8.35. The second kappa shape index (κ2) is 6.59. The van der Waals surface area contributed by atoms with Gasteiger partial charge >= 0.3 is 0 Å². The van der Waals surface area contributed by atoms with Crippen LogP contribution in [0.15, 0.2) is 71.3 Å². The number of hydrogen-bond donors (Lipinski definition) is 0. The minimum atomic E-state index is -0.234. The van der Waals surface area contributed by atoms with Gasteiger partial charge in [-0.25, -0.2) is 4.68 Å². The Labute approximate surface area is 188 Å². The predicted molar refractivity (Wildman–Crippen MR) is 121 cm³/mol. The van der Waals surface area contributed by atoms with E-state index in [1.165, 1.54) is 0 Å². The van der Waals surface area contributed by atoms with Crippen LogP contribution >= 0.6 is 11.3 Å². The molecule has 1 aliphatic heterocycles. The van der Waals surface area contributed by atoms with E-state index in [2.05, 4.69) is 17.3 Å². The van der Waals surface area contributed by atoms with Crippen LogP contribution in [0.1, 0.15) is 12.0 Å². The standard InChI is InChI=1S/C25H20N4O2S/c30-24-21-16-8-9-17(19-11-18(16)19)22(21)25(31)29(24)26-12-14-13-28(15-5-2-1-3-6-15)27-23(14)20-7-4-10-32-20/h1-10,12-13,16-19,21-22H,11H2/b26-12-/t16-,17-,18-,19-,21+,22+/m0/s1. The first-order chi connectivity index (χ1) is 15.7. The van der Waals surface area contributed by atoms with Gasteiger partial charge in [-0.15, -0.1) is 11.3 Å². The van der Waals surface area contributed by atoms with E-state index < -0.39 is 0 Å². The van der Waals surface area contributed by atoms with Crippen molar-refractivity contribution in [1.29, 1.82) is 0 Å². The molecule has 2 aromatic heterocycles. The van der Waals surface area contributed by atoms with E-state index in [9.17, 15) is 9.59 Å². The lowest BCUT2D eigenvalue weighted by Gasteiger charge is -2.37. The Bertz CT molecular complexity index is 1260. The van der Waals surface area contributed by atoms with Crippen molar-refractivity contribution in [2.45, 2.75) is 6.42 Å². The summed E-state index contributed by atoms with van der Waals surface area (Å²) < 4.78 is 1.81. The zero-order chi connectivity index (χ0) is 21.4. The molecule has 6 nitrogen and oxygen atoms in total. The minimum absolute atomic E-state index is 0.144. The molecule has 32 heavy (non-hydrogen) atoms. The van der Waals surface area contributed by atoms with Gasteiger partial charge in [-0.1, -0.05) is 36.4 Å². The molecule has 4 aliphatic carbocycles. The van der Waals surface area contributed by atoms with Crippen LogP contribution in [-0.2, 0) is 9.59 Å². The number of para-hydroxylation sites is 1. The molecule has 0 radical (unpaired) electrons. The summed E-state index contributed by atoms with van der Waals surface area (Å²) in [6, 6.07) is 13.9. The molecule has 0 unspecified atom stereocenters. The molecular weight excluding hydrogens is 420 g/mol. The molecule has 6 atom stereocenters. The van der Waals surface area contributed by atoms with Crippen molar-refractivity contribution >= 4 is 29.4 Å². The molecule has 7 heteroatoms.